The van der Waals surface area contributed by atoms with Crippen LogP contribution >= 0.6 is 11.3 Å². The zero-order valence-electron chi connectivity index (χ0n) is 22.3. The summed E-state index contributed by atoms with van der Waals surface area (Å²) in [4.78, 5) is 42.6. The fourth-order valence-electron chi connectivity index (χ4n) is 4.86. The number of rotatable bonds is 7. The number of carbonyl (C=O) groups is 2. The fraction of sp³-hybridized carbons (Fsp3) is 0.333. The molecular weight excluding hydrogens is 498 g/mol. The molecule has 38 heavy (non-hydrogen) atoms. The van der Waals surface area contributed by atoms with E-state index in [-0.39, 0.29) is 41.7 Å². The van der Waals surface area contributed by atoms with Crippen molar-refractivity contribution in [3.63, 3.8) is 0 Å². The highest BCUT2D eigenvalue weighted by Gasteiger charge is 2.34. The maximum absolute atomic E-state index is 13.8. The highest BCUT2D eigenvalue weighted by atomic mass is 32.1. The lowest BCUT2D eigenvalue weighted by atomic mass is 9.85. The second-order valence-electron chi connectivity index (χ2n) is 10.6. The molecule has 0 aliphatic carbocycles. The number of nitro benzene ring substituents is 1. The van der Waals surface area contributed by atoms with Crippen molar-refractivity contribution < 1.29 is 14.5 Å². The lowest BCUT2D eigenvalue weighted by Gasteiger charge is -2.37. The molecule has 0 saturated heterocycles. The van der Waals surface area contributed by atoms with E-state index in [2.05, 4.69) is 63.1 Å². The summed E-state index contributed by atoms with van der Waals surface area (Å²) in [6.45, 7) is 12.4. The second-order valence-corrected chi connectivity index (χ2v) is 11.6. The predicted molar refractivity (Wildman–Crippen MR) is 151 cm³/mol. The van der Waals surface area contributed by atoms with Crippen LogP contribution in [0.5, 0.6) is 0 Å². The Labute approximate surface area is 227 Å². The molecule has 1 aliphatic rings. The normalized spacial score (nSPS) is 15.1. The van der Waals surface area contributed by atoms with Crippen LogP contribution in [0.15, 0.2) is 66.6 Å². The minimum absolute atomic E-state index is 0.0186. The summed E-state index contributed by atoms with van der Waals surface area (Å²) < 4.78 is 0. The summed E-state index contributed by atoms with van der Waals surface area (Å²) in [5.41, 5.74) is 3.90. The monoisotopic (exact) mass is 531 g/mol. The van der Waals surface area contributed by atoms with Crippen LogP contribution in [0.4, 0.5) is 5.69 Å². The second kappa shape index (κ2) is 10.9. The Bertz CT molecular complexity index is 1370. The first-order valence-corrected chi connectivity index (χ1v) is 13.5. The Morgan fingerprint density at radius 1 is 1.18 bits per heavy atom. The van der Waals surface area contributed by atoms with E-state index < -0.39 is 10.8 Å². The van der Waals surface area contributed by atoms with Gasteiger partial charge in [0.15, 0.2) is 0 Å². The minimum Gasteiger partial charge on any atom is -0.330 e. The van der Waals surface area contributed by atoms with Crippen LogP contribution in [0, 0.1) is 17.0 Å². The van der Waals surface area contributed by atoms with Crippen molar-refractivity contribution in [3.8, 4) is 0 Å². The molecule has 0 spiro atoms. The van der Waals surface area contributed by atoms with Crippen LogP contribution < -0.4 is 0 Å². The highest BCUT2D eigenvalue weighted by Crippen LogP contribution is 2.38. The number of nitrogens with zero attached hydrogens (tertiary/aromatic N) is 3. The summed E-state index contributed by atoms with van der Waals surface area (Å²) >= 11 is 1.70. The molecule has 0 saturated carbocycles. The Morgan fingerprint density at radius 2 is 1.89 bits per heavy atom. The number of hydrogen-bond acceptors (Lipinski definition) is 5. The molecular formula is C30H33N3O4S. The summed E-state index contributed by atoms with van der Waals surface area (Å²) in [7, 11) is 0. The molecule has 1 aliphatic heterocycles. The minimum atomic E-state index is -0.503. The van der Waals surface area contributed by atoms with Gasteiger partial charge in [-0.15, -0.1) is 17.9 Å². The highest BCUT2D eigenvalue weighted by molar-refractivity contribution is 7.10. The van der Waals surface area contributed by atoms with Crippen molar-refractivity contribution in [1.82, 2.24) is 9.80 Å². The van der Waals surface area contributed by atoms with Crippen molar-refractivity contribution in [2.75, 3.05) is 19.6 Å². The number of aryl methyl sites for hydroxylation is 1. The van der Waals surface area contributed by atoms with Crippen LogP contribution in [0.3, 0.4) is 0 Å². The topological polar surface area (TPSA) is 83.8 Å². The van der Waals surface area contributed by atoms with Crippen molar-refractivity contribution in [3.05, 3.63) is 109 Å². The Morgan fingerprint density at radius 3 is 2.53 bits per heavy atom. The first kappa shape index (κ1) is 27.3. The summed E-state index contributed by atoms with van der Waals surface area (Å²) in [6.07, 6.45) is 2.32. The van der Waals surface area contributed by atoms with Gasteiger partial charge in [0.2, 0.25) is 5.91 Å². The van der Waals surface area contributed by atoms with E-state index >= 15 is 0 Å². The zero-order chi connectivity index (χ0) is 27.6. The molecule has 7 nitrogen and oxygen atoms in total. The number of thiophene rings is 1. The van der Waals surface area contributed by atoms with Crippen molar-refractivity contribution in [2.24, 2.45) is 0 Å². The van der Waals surface area contributed by atoms with E-state index in [0.29, 0.717) is 12.1 Å². The molecule has 1 aromatic heterocycles. The van der Waals surface area contributed by atoms with E-state index in [9.17, 15) is 19.7 Å². The number of amides is 2. The van der Waals surface area contributed by atoms with Crippen molar-refractivity contribution >= 4 is 28.8 Å². The number of hydrogen-bond donors (Lipinski definition) is 0. The smallest absolute Gasteiger partial charge is 0.273 e. The van der Waals surface area contributed by atoms with Gasteiger partial charge in [-0.25, -0.2) is 0 Å². The molecule has 4 rings (SSSR count). The van der Waals surface area contributed by atoms with Gasteiger partial charge >= 0.3 is 0 Å². The van der Waals surface area contributed by atoms with Gasteiger partial charge < -0.3 is 9.80 Å². The third-order valence-corrected chi connectivity index (χ3v) is 7.99. The zero-order valence-corrected chi connectivity index (χ0v) is 23.1. The fourth-order valence-corrected chi connectivity index (χ4v) is 5.76. The van der Waals surface area contributed by atoms with E-state index in [1.54, 1.807) is 36.5 Å². The van der Waals surface area contributed by atoms with Crippen LogP contribution in [0.25, 0.3) is 0 Å². The van der Waals surface area contributed by atoms with Gasteiger partial charge in [-0.05, 0) is 53.0 Å². The lowest BCUT2D eigenvalue weighted by molar-refractivity contribution is -0.385. The van der Waals surface area contributed by atoms with E-state index in [4.69, 9.17) is 0 Å². The third-order valence-electron chi connectivity index (χ3n) is 6.99. The molecule has 0 radical (unpaired) electrons. The predicted octanol–water partition coefficient (Wildman–Crippen LogP) is 6.06. The first-order chi connectivity index (χ1) is 18.0. The molecule has 3 aromatic rings. The van der Waals surface area contributed by atoms with Gasteiger partial charge in [-0.3, -0.25) is 19.7 Å². The lowest BCUT2D eigenvalue weighted by Crippen LogP contribution is -2.46. The van der Waals surface area contributed by atoms with E-state index in [1.165, 1.54) is 21.4 Å². The van der Waals surface area contributed by atoms with Gasteiger partial charge in [-0.1, -0.05) is 57.2 Å². The van der Waals surface area contributed by atoms with Gasteiger partial charge in [0.1, 0.15) is 6.54 Å². The Hall–Kier alpha value is -3.78. The molecule has 8 heteroatoms. The maximum Gasteiger partial charge on any atom is 0.273 e. The molecule has 198 valence electrons. The molecule has 2 heterocycles. The largest absolute Gasteiger partial charge is 0.330 e. The standard InChI is InChI=1S/C30H33N3O4S/c1-6-15-31(29(35)22-8-7-20(2)25(18-22)33(36)37)19-27(34)32-16-13-26-24(14-17-38-26)28(32)21-9-11-23(12-10-21)30(3,4)5/h6-12,14,17-18,28H,1,13,15-16,19H2,2-5H3. The van der Waals surface area contributed by atoms with Crippen molar-refractivity contribution in [1.29, 1.82) is 0 Å². The molecule has 0 fully saturated rings. The number of benzene rings is 2. The van der Waals surface area contributed by atoms with Crippen LogP contribution in [-0.2, 0) is 16.6 Å². The molecule has 1 atom stereocenters. The van der Waals surface area contributed by atoms with Gasteiger partial charge in [-0.2, -0.15) is 0 Å². The van der Waals surface area contributed by atoms with Crippen molar-refractivity contribution in [2.45, 2.75) is 45.6 Å². The van der Waals surface area contributed by atoms with E-state index in [0.717, 1.165) is 17.5 Å². The Balaban J connectivity index is 1.63. The molecule has 0 bridgehead atoms. The quantitative estimate of drug-likeness (QED) is 0.211. The number of nitro groups is 1. The van der Waals surface area contributed by atoms with Crippen LogP contribution in [0.2, 0.25) is 0 Å². The Kier molecular flexibility index (Phi) is 7.83. The summed E-state index contributed by atoms with van der Waals surface area (Å²) in [5, 5.41) is 13.5. The van der Waals surface area contributed by atoms with Gasteiger partial charge in [0.05, 0.1) is 11.0 Å². The molecule has 2 amide bonds. The average molecular weight is 532 g/mol. The van der Waals surface area contributed by atoms with Gasteiger partial charge in [0.25, 0.3) is 11.6 Å². The third kappa shape index (κ3) is 5.55. The first-order valence-electron chi connectivity index (χ1n) is 12.6. The molecule has 2 aromatic carbocycles. The summed E-state index contributed by atoms with van der Waals surface area (Å²) in [5.74, 6) is -0.621. The van der Waals surface area contributed by atoms with Gasteiger partial charge in [0, 0.05) is 35.2 Å². The van der Waals surface area contributed by atoms with E-state index in [1.807, 2.05) is 4.90 Å². The molecule has 1 unspecified atom stereocenters. The molecule has 0 N–H and O–H groups in total. The average Bonchev–Trinajstić information content (AvgIpc) is 3.36. The van der Waals surface area contributed by atoms with Crippen LogP contribution in [0.1, 0.15) is 64.3 Å². The summed E-state index contributed by atoms with van der Waals surface area (Å²) in [6, 6.07) is 14.7. The SMILES string of the molecule is C=CCN(CC(=O)N1CCc2sccc2C1c1ccc(C(C)(C)C)cc1)C(=O)c1ccc(C)c([N+](=O)[O-])c1. The number of fused-ring (bicyclic) bond motifs is 1. The van der Waals surface area contributed by atoms with Crippen LogP contribution in [-0.4, -0.2) is 46.2 Å². The maximum atomic E-state index is 13.8. The number of carbonyl (C=O) groups excluding carboxylic acids is 2.